The maximum atomic E-state index is 3.84. The molecule has 0 radical (unpaired) electrons. The van der Waals surface area contributed by atoms with Gasteiger partial charge in [-0.15, -0.1) is 0 Å². The number of nitrogens with zero attached hydrogens (tertiary/aromatic N) is 2. The van der Waals surface area contributed by atoms with E-state index in [4.69, 9.17) is 0 Å². The number of hydrogen-bond donors (Lipinski definition) is 1. The zero-order chi connectivity index (χ0) is 22.9. The summed E-state index contributed by atoms with van der Waals surface area (Å²) in [5.41, 5.74) is 12.8. The number of allylic oxidation sites excluding steroid dienone is 7. The van der Waals surface area contributed by atoms with E-state index in [0.29, 0.717) is 12.0 Å². The van der Waals surface area contributed by atoms with Gasteiger partial charge in [0, 0.05) is 39.6 Å². The molecule has 1 aliphatic heterocycles. The van der Waals surface area contributed by atoms with E-state index in [1.165, 1.54) is 69.5 Å². The molecule has 3 heteroatoms. The van der Waals surface area contributed by atoms with Crippen molar-refractivity contribution in [1.29, 1.82) is 0 Å². The van der Waals surface area contributed by atoms with Gasteiger partial charge >= 0.3 is 0 Å². The number of nitrogens with one attached hydrogen (secondary N) is 1. The lowest BCUT2D eigenvalue weighted by molar-refractivity contribution is 0.542. The SMILES string of the molecule is C1=CCC2C(=C1)NC1=C2c2c(n(-c3ccccc3)c3c4ccccc4n(C4C=CCCC4)c23)CC1. The second-order valence-electron chi connectivity index (χ2n) is 10.4. The minimum atomic E-state index is 0.406. The van der Waals surface area contributed by atoms with Gasteiger partial charge in [-0.1, -0.05) is 60.7 Å². The van der Waals surface area contributed by atoms with Crippen molar-refractivity contribution in [3.05, 3.63) is 108 Å². The molecular weight excluding hydrogens is 426 g/mol. The Hall–Kier alpha value is -3.72. The molecule has 8 rings (SSSR count). The van der Waals surface area contributed by atoms with Crippen LogP contribution in [0, 0.1) is 5.92 Å². The number of fused-ring (bicyclic) bond motifs is 8. The third-order valence-corrected chi connectivity index (χ3v) is 8.49. The van der Waals surface area contributed by atoms with Gasteiger partial charge in [0.1, 0.15) is 0 Å². The molecular formula is C32H29N3. The molecule has 0 bridgehead atoms. The van der Waals surface area contributed by atoms with Gasteiger partial charge < -0.3 is 14.5 Å². The van der Waals surface area contributed by atoms with E-state index < -0.39 is 0 Å². The quantitative estimate of drug-likeness (QED) is 0.309. The highest BCUT2D eigenvalue weighted by atomic mass is 15.1. The number of hydrogen-bond acceptors (Lipinski definition) is 1. The van der Waals surface area contributed by atoms with Crippen molar-refractivity contribution in [1.82, 2.24) is 14.5 Å². The van der Waals surface area contributed by atoms with Gasteiger partial charge in [-0.3, -0.25) is 0 Å². The van der Waals surface area contributed by atoms with Crippen LogP contribution in [0.25, 0.3) is 33.2 Å². The van der Waals surface area contributed by atoms with Gasteiger partial charge in [-0.2, -0.15) is 0 Å². The van der Waals surface area contributed by atoms with E-state index in [2.05, 4.69) is 99.4 Å². The third kappa shape index (κ3) is 2.67. The van der Waals surface area contributed by atoms with Crippen LogP contribution in [0.15, 0.2) is 96.4 Å². The normalized spacial score (nSPS) is 22.8. The summed E-state index contributed by atoms with van der Waals surface area (Å²) in [7, 11) is 0. The largest absolute Gasteiger partial charge is 0.361 e. The topological polar surface area (TPSA) is 21.9 Å². The third-order valence-electron chi connectivity index (χ3n) is 8.49. The molecule has 2 unspecified atom stereocenters. The molecule has 4 aliphatic rings. The fourth-order valence-electron chi connectivity index (χ4n) is 7.08. The van der Waals surface area contributed by atoms with Gasteiger partial charge in [0.2, 0.25) is 0 Å². The Morgan fingerprint density at radius 3 is 2.66 bits per heavy atom. The molecule has 3 heterocycles. The highest BCUT2D eigenvalue weighted by molar-refractivity contribution is 6.12. The molecule has 2 aromatic heterocycles. The molecule has 0 saturated carbocycles. The zero-order valence-corrected chi connectivity index (χ0v) is 19.9. The Morgan fingerprint density at radius 2 is 1.77 bits per heavy atom. The van der Waals surface area contributed by atoms with Crippen LogP contribution in [-0.4, -0.2) is 9.13 Å². The fraction of sp³-hybridized carbons (Fsp3) is 0.250. The summed E-state index contributed by atoms with van der Waals surface area (Å²) in [6, 6.07) is 20.5. The van der Waals surface area contributed by atoms with Crippen molar-refractivity contribution in [2.45, 2.75) is 44.6 Å². The standard InChI is InChI=1S/C32H29N3/c1-3-11-21(12-4-1)34-27-18-10-8-16-24(27)31-32(34)30-28(35(31)22-13-5-2-6-14-22)20-19-26-29(30)23-15-7-9-17-25(23)33-26/h2-3,5-11,13-14,16-18,21,23,33H,1,4,12,15,19-20H2. The van der Waals surface area contributed by atoms with Crippen LogP contribution in [0.2, 0.25) is 0 Å². The Bertz CT molecular complexity index is 1620. The lowest BCUT2D eigenvalue weighted by Crippen LogP contribution is -2.13. The molecule has 0 saturated heterocycles. The Labute approximate surface area is 205 Å². The molecule has 1 N–H and O–H groups in total. The monoisotopic (exact) mass is 455 g/mol. The summed E-state index contributed by atoms with van der Waals surface area (Å²) >= 11 is 0. The smallest absolute Gasteiger partial charge is 0.0797 e. The number of aromatic nitrogens is 2. The molecule has 0 amide bonds. The first-order chi connectivity index (χ1) is 17.4. The van der Waals surface area contributed by atoms with Crippen LogP contribution < -0.4 is 5.32 Å². The second kappa shape index (κ2) is 7.39. The molecule has 2 aromatic carbocycles. The zero-order valence-electron chi connectivity index (χ0n) is 19.9. The number of benzene rings is 2. The van der Waals surface area contributed by atoms with E-state index >= 15 is 0 Å². The lowest BCUT2D eigenvalue weighted by atomic mass is 9.83. The number of rotatable bonds is 2. The average Bonchev–Trinajstić information content (AvgIpc) is 3.56. The summed E-state index contributed by atoms with van der Waals surface area (Å²) < 4.78 is 5.29. The van der Waals surface area contributed by atoms with Gasteiger partial charge in [0.05, 0.1) is 22.6 Å². The van der Waals surface area contributed by atoms with E-state index in [0.717, 1.165) is 19.3 Å². The van der Waals surface area contributed by atoms with E-state index in [9.17, 15) is 0 Å². The van der Waals surface area contributed by atoms with Crippen molar-refractivity contribution in [3.63, 3.8) is 0 Å². The minimum absolute atomic E-state index is 0.406. The maximum absolute atomic E-state index is 3.84. The highest BCUT2D eigenvalue weighted by Crippen LogP contribution is 2.51. The summed E-state index contributed by atoms with van der Waals surface area (Å²) in [6.07, 6.45) is 18.6. The predicted molar refractivity (Wildman–Crippen MR) is 145 cm³/mol. The van der Waals surface area contributed by atoms with Gasteiger partial charge in [0.15, 0.2) is 0 Å². The summed E-state index contributed by atoms with van der Waals surface area (Å²) in [6.45, 7) is 0. The van der Waals surface area contributed by atoms with Crippen LogP contribution in [0.1, 0.15) is 49.4 Å². The van der Waals surface area contributed by atoms with Gasteiger partial charge in [-0.25, -0.2) is 0 Å². The highest BCUT2D eigenvalue weighted by Gasteiger charge is 2.39. The molecule has 0 spiro atoms. The van der Waals surface area contributed by atoms with Crippen molar-refractivity contribution in [2.75, 3.05) is 0 Å². The Morgan fingerprint density at radius 1 is 0.886 bits per heavy atom. The summed E-state index contributed by atoms with van der Waals surface area (Å²) in [4.78, 5) is 0. The van der Waals surface area contributed by atoms with Crippen molar-refractivity contribution >= 4 is 27.5 Å². The van der Waals surface area contributed by atoms with E-state index in [1.54, 1.807) is 5.57 Å². The van der Waals surface area contributed by atoms with Crippen LogP contribution in [0.3, 0.4) is 0 Å². The minimum Gasteiger partial charge on any atom is -0.361 e. The van der Waals surface area contributed by atoms with Crippen LogP contribution in [-0.2, 0) is 6.42 Å². The summed E-state index contributed by atoms with van der Waals surface area (Å²) in [5, 5.41) is 5.21. The van der Waals surface area contributed by atoms with Crippen LogP contribution in [0.4, 0.5) is 0 Å². The molecule has 4 aromatic rings. The second-order valence-corrected chi connectivity index (χ2v) is 10.4. The fourth-order valence-corrected chi connectivity index (χ4v) is 7.08. The molecule has 35 heavy (non-hydrogen) atoms. The molecule has 0 fully saturated rings. The lowest BCUT2D eigenvalue weighted by Gasteiger charge is -2.25. The van der Waals surface area contributed by atoms with Crippen LogP contribution >= 0.6 is 0 Å². The van der Waals surface area contributed by atoms with Crippen molar-refractivity contribution in [3.8, 4) is 5.69 Å². The number of para-hydroxylation sites is 2. The van der Waals surface area contributed by atoms with E-state index in [-0.39, 0.29) is 0 Å². The van der Waals surface area contributed by atoms with Crippen molar-refractivity contribution in [2.24, 2.45) is 5.92 Å². The van der Waals surface area contributed by atoms with Crippen LogP contribution in [0.5, 0.6) is 0 Å². The van der Waals surface area contributed by atoms with Gasteiger partial charge in [0.25, 0.3) is 0 Å². The maximum Gasteiger partial charge on any atom is 0.0797 e. The first-order valence-electron chi connectivity index (χ1n) is 13.2. The Balaban J connectivity index is 1.54. The average molecular weight is 456 g/mol. The van der Waals surface area contributed by atoms with E-state index in [1.807, 2.05) is 0 Å². The summed E-state index contributed by atoms with van der Waals surface area (Å²) in [5.74, 6) is 0.442. The first kappa shape index (κ1) is 19.6. The molecule has 2 atom stereocenters. The molecule has 3 aliphatic carbocycles. The molecule has 172 valence electrons. The Kier molecular flexibility index (Phi) is 4.13. The van der Waals surface area contributed by atoms with Gasteiger partial charge in [-0.05, 0) is 68.4 Å². The predicted octanol–water partition coefficient (Wildman–Crippen LogP) is 7.59. The molecule has 3 nitrogen and oxygen atoms in total. The first-order valence-corrected chi connectivity index (χ1v) is 13.2. The van der Waals surface area contributed by atoms with Crippen molar-refractivity contribution < 1.29 is 0 Å².